The number of thiocarbonyl (C=S) groups is 1. The molecule has 0 amide bonds. The van der Waals surface area contributed by atoms with Crippen molar-refractivity contribution in [2.24, 2.45) is 10.8 Å². The van der Waals surface area contributed by atoms with E-state index in [2.05, 4.69) is 44.0 Å². The normalized spacial score (nSPS) is 22.9. The molecule has 0 aromatic carbocycles. The number of thiophene rings is 1. The Morgan fingerprint density at radius 1 is 1.65 bits per heavy atom. The van der Waals surface area contributed by atoms with Gasteiger partial charge in [-0.05, 0) is 41.5 Å². The molecule has 1 aromatic rings. The fourth-order valence-electron chi connectivity index (χ4n) is 2.35. The Morgan fingerprint density at radius 2 is 2.47 bits per heavy atom. The fourth-order valence-corrected chi connectivity index (χ4v) is 4.50. The molecule has 1 atom stereocenters. The predicted octanol–water partition coefficient (Wildman–Crippen LogP) is 2.00. The summed E-state index contributed by atoms with van der Waals surface area (Å²) < 4.78 is 1.20. The van der Waals surface area contributed by atoms with Crippen LogP contribution in [0.2, 0.25) is 0 Å². The first-order valence-electron chi connectivity index (χ1n) is 5.36. The highest BCUT2D eigenvalue weighted by Gasteiger charge is 2.34. The third kappa shape index (κ3) is 1.88. The number of amidine groups is 1. The number of hydrogen-bond acceptors (Lipinski definition) is 5. The zero-order chi connectivity index (χ0) is 12.0. The quantitative estimate of drug-likeness (QED) is 0.314. The fraction of sp³-hybridized carbons (Fsp3) is 0.400. The summed E-state index contributed by atoms with van der Waals surface area (Å²) >= 11 is 9.54. The molecular weight excluding hydrogens is 367 g/mol. The number of hydrogen-bond donors (Lipinski definition) is 2. The molecule has 0 spiro atoms. The summed E-state index contributed by atoms with van der Waals surface area (Å²) in [6.07, 6.45) is 2.21. The van der Waals surface area contributed by atoms with E-state index >= 15 is 0 Å². The van der Waals surface area contributed by atoms with E-state index in [9.17, 15) is 0 Å². The average Bonchev–Trinajstić information content (AvgIpc) is 2.89. The lowest BCUT2D eigenvalue weighted by Crippen LogP contribution is -2.46. The maximum Gasteiger partial charge on any atom is 0.140 e. The minimum absolute atomic E-state index is 0.227. The molecule has 0 bridgehead atoms. The molecule has 0 saturated carbocycles. The van der Waals surface area contributed by atoms with Crippen LogP contribution in [0.1, 0.15) is 18.4 Å². The smallest absolute Gasteiger partial charge is 0.140 e. The Kier molecular flexibility index (Phi) is 3.09. The van der Waals surface area contributed by atoms with Gasteiger partial charge in [-0.3, -0.25) is 0 Å². The van der Waals surface area contributed by atoms with Gasteiger partial charge >= 0.3 is 0 Å². The van der Waals surface area contributed by atoms with E-state index in [0.29, 0.717) is 0 Å². The van der Waals surface area contributed by atoms with Gasteiger partial charge in [0.15, 0.2) is 0 Å². The van der Waals surface area contributed by atoms with Crippen LogP contribution in [0, 0.1) is 2.88 Å². The van der Waals surface area contributed by atoms with Gasteiger partial charge in [-0.25, -0.2) is 10.8 Å². The van der Waals surface area contributed by atoms with Crippen molar-refractivity contribution in [2.75, 3.05) is 6.54 Å². The van der Waals surface area contributed by atoms with Gasteiger partial charge in [0.2, 0.25) is 0 Å². The van der Waals surface area contributed by atoms with Crippen LogP contribution in [0.15, 0.2) is 11.1 Å². The molecule has 2 aliphatic heterocycles. The maximum atomic E-state index is 5.59. The third-order valence-electron chi connectivity index (χ3n) is 3.11. The van der Waals surface area contributed by atoms with Gasteiger partial charge in [0, 0.05) is 12.1 Å². The van der Waals surface area contributed by atoms with Crippen LogP contribution in [0.5, 0.6) is 0 Å². The topological polar surface area (TPSA) is 53.6 Å². The van der Waals surface area contributed by atoms with E-state index in [1.54, 1.807) is 11.3 Å². The molecule has 1 fully saturated rings. The highest BCUT2D eigenvalue weighted by atomic mass is 127. The standard InChI is InChI=1S/C10H11IN4S2/c11-7-4-5-9(17-7)13-8(14-12)6-2-1-3-15(6)10(5)16/h4,6H,1-3,12H2,(H,13,14)/t6-/m1/s1. The lowest BCUT2D eigenvalue weighted by molar-refractivity contribution is 0.470. The number of nitrogens with one attached hydrogen (secondary N) is 1. The molecule has 3 N–H and O–H groups in total. The third-order valence-corrected chi connectivity index (χ3v) is 5.36. The second kappa shape index (κ2) is 4.45. The first kappa shape index (κ1) is 11.8. The first-order chi connectivity index (χ1) is 8.20. The van der Waals surface area contributed by atoms with Crippen LogP contribution in [0.3, 0.4) is 0 Å². The van der Waals surface area contributed by atoms with Crippen LogP contribution in [0.4, 0.5) is 5.00 Å². The van der Waals surface area contributed by atoms with E-state index < -0.39 is 0 Å². The van der Waals surface area contributed by atoms with Gasteiger partial charge in [-0.15, -0.1) is 11.3 Å². The first-order valence-corrected chi connectivity index (χ1v) is 7.66. The van der Waals surface area contributed by atoms with Crippen molar-refractivity contribution >= 4 is 62.0 Å². The van der Waals surface area contributed by atoms with E-state index in [1.165, 1.54) is 2.88 Å². The van der Waals surface area contributed by atoms with Crippen LogP contribution in [0.25, 0.3) is 0 Å². The van der Waals surface area contributed by atoms with Crippen molar-refractivity contribution in [3.05, 3.63) is 14.5 Å². The monoisotopic (exact) mass is 378 g/mol. The summed E-state index contributed by atoms with van der Waals surface area (Å²) in [5.41, 5.74) is 3.81. The Morgan fingerprint density at radius 3 is 3.24 bits per heavy atom. The number of nitrogens with two attached hydrogens (primary N) is 1. The van der Waals surface area contributed by atoms with Crippen molar-refractivity contribution in [1.82, 2.24) is 10.3 Å². The van der Waals surface area contributed by atoms with Crippen LogP contribution in [-0.2, 0) is 0 Å². The number of hydrazine groups is 1. The maximum absolute atomic E-state index is 5.59. The molecule has 0 unspecified atom stereocenters. The van der Waals surface area contributed by atoms with Gasteiger partial charge in [0.25, 0.3) is 0 Å². The molecule has 4 nitrogen and oxygen atoms in total. The van der Waals surface area contributed by atoms with Crippen LogP contribution in [-0.4, -0.2) is 28.3 Å². The van der Waals surface area contributed by atoms with Crippen LogP contribution < -0.4 is 11.3 Å². The van der Waals surface area contributed by atoms with Gasteiger partial charge < -0.3 is 10.3 Å². The number of halogens is 1. The zero-order valence-corrected chi connectivity index (χ0v) is 12.7. The number of aliphatic imine (C=N–C) groups is 1. The number of nitrogens with zero attached hydrogens (tertiary/aromatic N) is 2. The molecule has 7 heteroatoms. The highest BCUT2D eigenvalue weighted by Crippen LogP contribution is 2.37. The molecule has 90 valence electrons. The van der Waals surface area contributed by atoms with Crippen molar-refractivity contribution < 1.29 is 0 Å². The summed E-state index contributed by atoms with van der Waals surface area (Å²) in [5, 5.41) is 0.974. The number of rotatable bonds is 0. The second-order valence-electron chi connectivity index (χ2n) is 4.07. The van der Waals surface area contributed by atoms with E-state index in [0.717, 1.165) is 40.8 Å². The van der Waals surface area contributed by atoms with Gasteiger partial charge in [0.1, 0.15) is 15.8 Å². The summed E-state index contributed by atoms with van der Waals surface area (Å²) in [4.78, 5) is 7.79. The average molecular weight is 378 g/mol. The van der Waals surface area contributed by atoms with Gasteiger partial charge in [0.05, 0.1) is 8.93 Å². The number of fused-ring (bicyclic) bond motifs is 2. The molecule has 3 heterocycles. The molecule has 1 saturated heterocycles. The summed E-state index contributed by atoms with van der Waals surface area (Å²) in [6.45, 7) is 0.996. The second-order valence-corrected chi connectivity index (χ2v) is 7.38. The SMILES string of the molecule is NNC1=Nc2sc(I)cc2C(=S)N2CCC[C@H]12. The molecule has 17 heavy (non-hydrogen) atoms. The molecular formula is C10H11IN4S2. The molecule has 2 aliphatic rings. The van der Waals surface area contributed by atoms with Crippen molar-refractivity contribution in [2.45, 2.75) is 18.9 Å². The zero-order valence-electron chi connectivity index (χ0n) is 8.94. The largest absolute Gasteiger partial charge is 0.352 e. The molecule has 0 radical (unpaired) electrons. The highest BCUT2D eigenvalue weighted by molar-refractivity contribution is 14.1. The Hall–Kier alpha value is -0.250. The minimum atomic E-state index is 0.227. The summed E-state index contributed by atoms with van der Waals surface area (Å²) in [6, 6.07) is 2.34. The van der Waals surface area contributed by atoms with Crippen molar-refractivity contribution in [3.63, 3.8) is 0 Å². The summed E-state index contributed by atoms with van der Waals surface area (Å²) in [7, 11) is 0. The summed E-state index contributed by atoms with van der Waals surface area (Å²) in [5.74, 6) is 6.43. The van der Waals surface area contributed by atoms with Gasteiger partial charge in [-0.1, -0.05) is 12.2 Å². The van der Waals surface area contributed by atoms with Crippen LogP contribution >= 0.6 is 46.1 Å². The van der Waals surface area contributed by atoms with Gasteiger partial charge in [-0.2, -0.15) is 0 Å². The van der Waals surface area contributed by atoms with E-state index in [1.807, 2.05) is 0 Å². The predicted molar refractivity (Wildman–Crippen MR) is 82.9 cm³/mol. The lowest BCUT2D eigenvalue weighted by atomic mass is 10.2. The Labute approximate surface area is 122 Å². The lowest BCUT2D eigenvalue weighted by Gasteiger charge is -2.25. The minimum Gasteiger partial charge on any atom is -0.352 e. The Balaban J connectivity index is 2.15. The van der Waals surface area contributed by atoms with E-state index in [4.69, 9.17) is 18.1 Å². The molecule has 0 aliphatic carbocycles. The Bertz CT molecular complexity index is 510. The van der Waals surface area contributed by atoms with Crippen molar-refractivity contribution in [1.29, 1.82) is 0 Å². The molecule has 3 rings (SSSR count). The molecule has 1 aromatic heterocycles. The van der Waals surface area contributed by atoms with Crippen molar-refractivity contribution in [3.8, 4) is 0 Å². The van der Waals surface area contributed by atoms with E-state index in [-0.39, 0.29) is 6.04 Å².